The van der Waals surface area contributed by atoms with E-state index in [0.717, 1.165) is 17.5 Å². The van der Waals surface area contributed by atoms with Crippen LogP contribution in [0, 0.1) is 0 Å². The van der Waals surface area contributed by atoms with Crippen molar-refractivity contribution in [2.45, 2.75) is 38.8 Å². The predicted octanol–water partition coefficient (Wildman–Crippen LogP) is 3.30. The molecule has 0 atom stereocenters. The number of allylic oxidation sites excluding steroid dienone is 1. The number of pyridine rings is 1. The summed E-state index contributed by atoms with van der Waals surface area (Å²) in [5, 5.41) is 0. The van der Waals surface area contributed by atoms with Crippen LogP contribution in [-0.4, -0.2) is 33.7 Å². The summed E-state index contributed by atoms with van der Waals surface area (Å²) in [6.45, 7) is 4.57. The molecular weight excluding hydrogens is 340 g/mol. The van der Waals surface area contributed by atoms with Crippen molar-refractivity contribution < 1.29 is 14.3 Å². The van der Waals surface area contributed by atoms with Gasteiger partial charge in [-0.1, -0.05) is 36.4 Å². The Bertz CT molecular complexity index is 829. The van der Waals surface area contributed by atoms with E-state index in [0.29, 0.717) is 13.1 Å². The topological polar surface area (TPSA) is 59.5 Å². The van der Waals surface area contributed by atoms with Gasteiger partial charge in [-0.05, 0) is 37.5 Å². The molecule has 0 N–H and O–H groups in total. The minimum atomic E-state index is -0.670. The average Bonchev–Trinajstić information content (AvgIpc) is 2.64. The number of amides is 1. The van der Waals surface area contributed by atoms with Gasteiger partial charge in [0.2, 0.25) is 0 Å². The Kier molecular flexibility index (Phi) is 5.69. The lowest BCUT2D eigenvalue weighted by Crippen LogP contribution is -2.40. The number of aromatic nitrogens is 1. The van der Waals surface area contributed by atoms with Crippen LogP contribution in [0.4, 0.5) is 0 Å². The zero-order valence-corrected chi connectivity index (χ0v) is 15.7. The molecule has 1 amide bonds. The van der Waals surface area contributed by atoms with E-state index in [1.807, 2.05) is 56.3 Å². The van der Waals surface area contributed by atoms with Crippen LogP contribution in [0.1, 0.15) is 31.4 Å². The van der Waals surface area contributed by atoms with E-state index in [4.69, 9.17) is 4.74 Å². The summed E-state index contributed by atoms with van der Waals surface area (Å²) >= 11 is 0. The second-order valence-electron chi connectivity index (χ2n) is 7.34. The summed E-state index contributed by atoms with van der Waals surface area (Å²) in [6.07, 6.45) is 5.77. The number of carbonyl (C=O) groups is 2. The summed E-state index contributed by atoms with van der Waals surface area (Å²) in [5.41, 5.74) is 1.41. The molecule has 5 heteroatoms. The summed E-state index contributed by atoms with van der Waals surface area (Å²) in [7, 11) is 0. The van der Waals surface area contributed by atoms with Gasteiger partial charge >= 0.3 is 0 Å². The molecule has 0 saturated carbocycles. The molecule has 0 spiro atoms. The lowest BCUT2D eigenvalue weighted by molar-refractivity contribution is -0.138. The standard InChI is InChI=1S/C22H24N2O3/c1-22(2)14-19(25)13-20(27-22)21(26)24(16-18-9-6-11-23-15-18)12-10-17-7-4-3-5-8-17/h3-9,11,13,15H,10,12,14,16H2,1-2H3. The van der Waals surface area contributed by atoms with Crippen LogP contribution in [0.5, 0.6) is 0 Å². The number of nitrogens with zero attached hydrogens (tertiary/aromatic N) is 2. The van der Waals surface area contributed by atoms with Crippen molar-refractivity contribution in [3.05, 3.63) is 77.8 Å². The van der Waals surface area contributed by atoms with Crippen LogP contribution < -0.4 is 0 Å². The molecule has 140 valence electrons. The minimum Gasteiger partial charge on any atom is -0.481 e. The van der Waals surface area contributed by atoms with E-state index in [1.165, 1.54) is 6.08 Å². The lowest BCUT2D eigenvalue weighted by atomic mass is 9.98. The van der Waals surface area contributed by atoms with E-state index >= 15 is 0 Å². The zero-order chi connectivity index (χ0) is 19.3. The molecule has 1 aromatic carbocycles. The molecule has 0 unspecified atom stereocenters. The van der Waals surface area contributed by atoms with E-state index in [1.54, 1.807) is 17.3 Å². The Morgan fingerprint density at radius 2 is 1.89 bits per heavy atom. The first-order valence-electron chi connectivity index (χ1n) is 9.09. The Balaban J connectivity index is 1.79. The number of hydrogen-bond acceptors (Lipinski definition) is 4. The van der Waals surface area contributed by atoms with Crippen LogP contribution in [0.15, 0.2) is 66.7 Å². The second kappa shape index (κ2) is 8.16. The van der Waals surface area contributed by atoms with Crippen molar-refractivity contribution in [3.63, 3.8) is 0 Å². The first-order valence-corrected chi connectivity index (χ1v) is 9.09. The lowest BCUT2D eigenvalue weighted by Gasteiger charge is -2.32. The van der Waals surface area contributed by atoms with Crippen LogP contribution in [0.2, 0.25) is 0 Å². The summed E-state index contributed by atoms with van der Waals surface area (Å²) in [4.78, 5) is 31.0. The molecular formula is C22H24N2O3. The number of ketones is 1. The molecule has 0 saturated heterocycles. The highest BCUT2D eigenvalue weighted by molar-refractivity contribution is 6.01. The fourth-order valence-corrected chi connectivity index (χ4v) is 3.11. The van der Waals surface area contributed by atoms with E-state index in [9.17, 15) is 9.59 Å². The van der Waals surface area contributed by atoms with Gasteiger partial charge in [-0.2, -0.15) is 0 Å². The van der Waals surface area contributed by atoms with E-state index < -0.39 is 5.60 Å². The Morgan fingerprint density at radius 1 is 1.15 bits per heavy atom. The highest BCUT2D eigenvalue weighted by Crippen LogP contribution is 2.26. The number of benzene rings is 1. The summed E-state index contributed by atoms with van der Waals surface area (Å²) in [5.74, 6) is -0.233. The summed E-state index contributed by atoms with van der Waals surface area (Å²) in [6, 6.07) is 13.8. The highest BCUT2D eigenvalue weighted by atomic mass is 16.5. The number of rotatable bonds is 6. The van der Waals surface area contributed by atoms with E-state index in [-0.39, 0.29) is 23.9 Å². The Hall–Kier alpha value is -2.95. The molecule has 5 nitrogen and oxygen atoms in total. The third-order valence-electron chi connectivity index (χ3n) is 4.39. The molecule has 2 aromatic rings. The molecule has 2 heterocycles. The van der Waals surface area contributed by atoms with Gasteiger partial charge in [0.25, 0.3) is 5.91 Å². The molecule has 0 radical (unpaired) electrons. The zero-order valence-electron chi connectivity index (χ0n) is 15.7. The minimum absolute atomic E-state index is 0.0843. The van der Waals surface area contributed by atoms with Crippen LogP contribution in [-0.2, 0) is 27.3 Å². The van der Waals surface area contributed by atoms with Crippen molar-refractivity contribution >= 4 is 11.7 Å². The molecule has 3 rings (SSSR count). The maximum absolute atomic E-state index is 13.1. The normalized spacial score (nSPS) is 15.6. The third-order valence-corrected chi connectivity index (χ3v) is 4.39. The van der Waals surface area contributed by atoms with Gasteiger partial charge in [0.1, 0.15) is 5.60 Å². The molecule has 0 bridgehead atoms. The van der Waals surface area contributed by atoms with Crippen LogP contribution >= 0.6 is 0 Å². The quantitative estimate of drug-likeness (QED) is 0.789. The maximum atomic E-state index is 13.1. The first-order chi connectivity index (χ1) is 12.9. The van der Waals surface area contributed by atoms with Crippen LogP contribution in [0.3, 0.4) is 0 Å². The first kappa shape index (κ1) is 18.8. The second-order valence-corrected chi connectivity index (χ2v) is 7.34. The monoisotopic (exact) mass is 364 g/mol. The number of hydrogen-bond donors (Lipinski definition) is 0. The Morgan fingerprint density at radius 3 is 2.56 bits per heavy atom. The van der Waals surface area contributed by atoms with Gasteiger partial charge in [-0.15, -0.1) is 0 Å². The largest absolute Gasteiger partial charge is 0.481 e. The van der Waals surface area contributed by atoms with Gasteiger partial charge < -0.3 is 9.64 Å². The molecule has 27 heavy (non-hydrogen) atoms. The SMILES string of the molecule is CC1(C)CC(=O)C=C(C(=O)N(CCc2ccccc2)Cc2cccnc2)O1. The van der Waals surface area contributed by atoms with Gasteiger partial charge in [-0.25, -0.2) is 0 Å². The molecule has 0 fully saturated rings. The Labute approximate surface area is 159 Å². The molecule has 0 aliphatic carbocycles. The van der Waals surface area contributed by atoms with Gasteiger partial charge in [0.15, 0.2) is 11.5 Å². The number of ether oxygens (including phenoxy) is 1. The van der Waals surface area contributed by atoms with Crippen LogP contribution in [0.25, 0.3) is 0 Å². The highest BCUT2D eigenvalue weighted by Gasteiger charge is 2.33. The smallest absolute Gasteiger partial charge is 0.289 e. The fourth-order valence-electron chi connectivity index (χ4n) is 3.11. The average molecular weight is 364 g/mol. The molecule has 1 aliphatic rings. The van der Waals surface area contributed by atoms with Gasteiger partial charge in [0.05, 0.1) is 0 Å². The van der Waals surface area contributed by atoms with Gasteiger partial charge in [-0.3, -0.25) is 14.6 Å². The van der Waals surface area contributed by atoms with Crippen molar-refractivity contribution in [2.24, 2.45) is 0 Å². The van der Waals surface area contributed by atoms with Crippen molar-refractivity contribution in [2.75, 3.05) is 6.54 Å². The fraction of sp³-hybridized carbons (Fsp3) is 0.318. The van der Waals surface area contributed by atoms with Crippen molar-refractivity contribution in [3.8, 4) is 0 Å². The third kappa shape index (κ3) is 5.26. The van der Waals surface area contributed by atoms with Crippen molar-refractivity contribution in [1.82, 2.24) is 9.88 Å². The molecule has 1 aliphatic heterocycles. The van der Waals surface area contributed by atoms with Gasteiger partial charge in [0, 0.05) is 38.0 Å². The van der Waals surface area contributed by atoms with Crippen molar-refractivity contribution in [1.29, 1.82) is 0 Å². The molecule has 1 aromatic heterocycles. The van der Waals surface area contributed by atoms with E-state index in [2.05, 4.69) is 4.98 Å². The predicted molar refractivity (Wildman–Crippen MR) is 103 cm³/mol. The maximum Gasteiger partial charge on any atom is 0.289 e. The number of carbonyl (C=O) groups excluding carboxylic acids is 2. The summed E-state index contributed by atoms with van der Waals surface area (Å²) < 4.78 is 5.81.